The van der Waals surface area contributed by atoms with Crippen molar-refractivity contribution in [1.29, 1.82) is 0 Å². The first-order chi connectivity index (χ1) is 5.46. The number of ether oxygens (including phenoxy) is 1. The topological polar surface area (TPSA) is 46.5 Å². The minimum atomic E-state index is -1.37. The van der Waals surface area contributed by atoms with Crippen LogP contribution in [0.1, 0.15) is 27.2 Å². The fourth-order valence-electron chi connectivity index (χ4n) is 0.678. The lowest BCUT2D eigenvalue weighted by Crippen LogP contribution is -2.37. The zero-order valence-electron chi connectivity index (χ0n) is 7.96. The predicted molar refractivity (Wildman–Crippen MR) is 50.0 cm³/mol. The molecule has 0 spiro atoms. The van der Waals surface area contributed by atoms with Crippen molar-refractivity contribution in [3.05, 3.63) is 0 Å². The fraction of sp³-hybridized carbons (Fsp3) is 0.875. The third kappa shape index (κ3) is 3.03. The summed E-state index contributed by atoms with van der Waals surface area (Å²) in [7, 11) is 0. The van der Waals surface area contributed by atoms with Crippen LogP contribution in [0.25, 0.3) is 0 Å². The number of rotatable bonds is 4. The van der Waals surface area contributed by atoms with Crippen molar-refractivity contribution in [3.63, 3.8) is 0 Å². The molecule has 0 aliphatic rings. The molecule has 0 aromatic rings. The van der Waals surface area contributed by atoms with E-state index in [9.17, 15) is 9.90 Å². The summed E-state index contributed by atoms with van der Waals surface area (Å²) < 4.78 is 4.89. The maximum absolute atomic E-state index is 11.2. The monoisotopic (exact) mass is 192 g/mol. The molecule has 0 rings (SSSR count). The molecule has 12 heavy (non-hydrogen) atoms. The van der Waals surface area contributed by atoms with Crippen LogP contribution in [0.2, 0.25) is 0 Å². The van der Waals surface area contributed by atoms with E-state index < -0.39 is 10.9 Å². The second-order valence-corrected chi connectivity index (χ2v) is 3.88. The highest BCUT2D eigenvalue weighted by atomic mass is 32.2. The van der Waals surface area contributed by atoms with Gasteiger partial charge in [-0.15, -0.1) is 11.8 Å². The molecule has 4 heteroatoms. The highest BCUT2D eigenvalue weighted by Crippen LogP contribution is 2.25. The Bertz CT molecular complexity index is 152. The summed E-state index contributed by atoms with van der Waals surface area (Å²) >= 11 is 1.10. The quantitative estimate of drug-likeness (QED) is 0.540. The molecular weight excluding hydrogens is 176 g/mol. The van der Waals surface area contributed by atoms with E-state index in [4.69, 9.17) is 4.74 Å². The molecule has 0 aromatic heterocycles. The van der Waals surface area contributed by atoms with Gasteiger partial charge in [-0.2, -0.15) is 0 Å². The van der Waals surface area contributed by atoms with Crippen LogP contribution in [0.3, 0.4) is 0 Å². The molecule has 0 aliphatic heterocycles. The van der Waals surface area contributed by atoms with Crippen LogP contribution in [-0.2, 0) is 9.53 Å². The molecular formula is C8H16O3S. The van der Waals surface area contributed by atoms with Crippen molar-refractivity contribution >= 4 is 17.7 Å². The third-order valence-electron chi connectivity index (χ3n) is 1.48. The van der Waals surface area contributed by atoms with Gasteiger partial charge in [-0.05, 0) is 26.5 Å². The van der Waals surface area contributed by atoms with E-state index in [1.807, 2.05) is 0 Å². The minimum absolute atomic E-state index is 0.178. The van der Waals surface area contributed by atoms with Crippen molar-refractivity contribution in [2.75, 3.05) is 6.26 Å². The average Bonchev–Trinajstić information content (AvgIpc) is 2.02. The second-order valence-electron chi connectivity index (χ2n) is 2.80. The van der Waals surface area contributed by atoms with Crippen LogP contribution in [0.4, 0.5) is 0 Å². The first-order valence-electron chi connectivity index (χ1n) is 3.95. The van der Waals surface area contributed by atoms with Gasteiger partial charge in [0.1, 0.15) is 0 Å². The van der Waals surface area contributed by atoms with E-state index >= 15 is 0 Å². The van der Waals surface area contributed by atoms with Crippen molar-refractivity contribution in [2.24, 2.45) is 0 Å². The molecule has 1 N–H and O–H groups in total. The van der Waals surface area contributed by atoms with Crippen LogP contribution in [-0.4, -0.2) is 28.4 Å². The summed E-state index contributed by atoms with van der Waals surface area (Å²) in [6.45, 7) is 5.26. The molecule has 3 nitrogen and oxygen atoms in total. The Morgan fingerprint density at radius 2 is 2.17 bits per heavy atom. The van der Waals surface area contributed by atoms with Gasteiger partial charge in [0, 0.05) is 0 Å². The Hall–Kier alpha value is -0.220. The molecule has 0 fully saturated rings. The van der Waals surface area contributed by atoms with Crippen molar-refractivity contribution in [2.45, 2.75) is 38.2 Å². The summed E-state index contributed by atoms with van der Waals surface area (Å²) in [6.07, 6.45) is 1.87. The number of hydrogen-bond donors (Lipinski definition) is 1. The van der Waals surface area contributed by atoms with Crippen LogP contribution >= 0.6 is 11.8 Å². The minimum Gasteiger partial charge on any atom is -0.460 e. The van der Waals surface area contributed by atoms with Crippen molar-refractivity contribution < 1.29 is 14.6 Å². The van der Waals surface area contributed by atoms with Gasteiger partial charge in [0.05, 0.1) is 6.10 Å². The Morgan fingerprint density at radius 3 is 2.42 bits per heavy atom. The van der Waals surface area contributed by atoms with Crippen molar-refractivity contribution in [3.8, 4) is 0 Å². The third-order valence-corrected chi connectivity index (χ3v) is 2.61. The van der Waals surface area contributed by atoms with Crippen molar-refractivity contribution in [1.82, 2.24) is 0 Å². The molecule has 72 valence electrons. The number of aliphatic hydroxyl groups is 1. The maximum atomic E-state index is 11.2. The maximum Gasteiger partial charge on any atom is 0.349 e. The summed E-state index contributed by atoms with van der Waals surface area (Å²) in [4.78, 5) is 9.87. The van der Waals surface area contributed by atoms with Gasteiger partial charge in [0.25, 0.3) is 0 Å². The number of esters is 1. The number of hydrogen-bond acceptors (Lipinski definition) is 4. The SMILES string of the molecule is CCC(O)(SC)C(=O)OC(C)C. The number of thioether (sulfide) groups is 1. The first kappa shape index (κ1) is 11.8. The number of carbonyl (C=O) groups excluding carboxylic acids is 1. The largest absolute Gasteiger partial charge is 0.460 e. The Balaban J connectivity index is 4.22. The summed E-state index contributed by atoms with van der Waals surface area (Å²) in [5.41, 5.74) is 0. The molecule has 0 saturated heterocycles. The molecule has 0 bridgehead atoms. The molecule has 1 unspecified atom stereocenters. The van der Waals surface area contributed by atoms with E-state index in [1.54, 1.807) is 27.0 Å². The molecule has 0 heterocycles. The van der Waals surface area contributed by atoms with E-state index in [-0.39, 0.29) is 6.10 Å². The van der Waals surface area contributed by atoms with Gasteiger partial charge in [-0.1, -0.05) is 6.92 Å². The summed E-state index contributed by atoms with van der Waals surface area (Å²) in [5, 5.41) is 9.63. The standard InChI is InChI=1S/C8H16O3S/c1-5-8(10,12-4)7(9)11-6(2)3/h6,10H,5H2,1-4H3. The van der Waals surface area contributed by atoms with Gasteiger partial charge >= 0.3 is 5.97 Å². The van der Waals surface area contributed by atoms with E-state index in [1.165, 1.54) is 0 Å². The molecule has 0 radical (unpaired) electrons. The molecule has 1 atom stereocenters. The highest BCUT2D eigenvalue weighted by molar-refractivity contribution is 8.00. The van der Waals surface area contributed by atoms with Gasteiger partial charge in [-0.3, -0.25) is 0 Å². The highest BCUT2D eigenvalue weighted by Gasteiger charge is 2.35. The van der Waals surface area contributed by atoms with Gasteiger partial charge in [-0.25, -0.2) is 4.79 Å². The molecule has 0 amide bonds. The predicted octanol–water partition coefficient (Wildman–Crippen LogP) is 1.40. The van der Waals surface area contributed by atoms with Crippen LogP contribution < -0.4 is 0 Å². The Morgan fingerprint density at radius 1 is 1.67 bits per heavy atom. The number of carbonyl (C=O) groups is 1. The summed E-state index contributed by atoms with van der Waals surface area (Å²) in [6, 6.07) is 0. The molecule has 0 aliphatic carbocycles. The van der Waals surface area contributed by atoms with E-state index in [0.29, 0.717) is 6.42 Å². The Labute approximate surface area is 77.5 Å². The zero-order valence-corrected chi connectivity index (χ0v) is 8.77. The zero-order chi connectivity index (χ0) is 9.78. The lowest BCUT2D eigenvalue weighted by atomic mass is 10.3. The van der Waals surface area contributed by atoms with Gasteiger partial charge in [0.15, 0.2) is 0 Å². The van der Waals surface area contributed by atoms with Gasteiger partial charge in [0.2, 0.25) is 4.93 Å². The van der Waals surface area contributed by atoms with Crippen LogP contribution in [0, 0.1) is 0 Å². The Kier molecular flexibility index (Phi) is 4.63. The second kappa shape index (κ2) is 4.72. The normalized spacial score (nSPS) is 15.8. The van der Waals surface area contributed by atoms with Crippen LogP contribution in [0.5, 0.6) is 0 Å². The van der Waals surface area contributed by atoms with Gasteiger partial charge < -0.3 is 9.84 Å². The smallest absolute Gasteiger partial charge is 0.349 e. The van der Waals surface area contributed by atoms with E-state index in [2.05, 4.69) is 0 Å². The lowest BCUT2D eigenvalue weighted by molar-refractivity contribution is -0.160. The summed E-state index contributed by atoms with van der Waals surface area (Å²) in [5.74, 6) is -0.549. The van der Waals surface area contributed by atoms with Crippen LogP contribution in [0.15, 0.2) is 0 Å². The lowest BCUT2D eigenvalue weighted by Gasteiger charge is -2.23. The molecule has 0 aromatic carbocycles. The first-order valence-corrected chi connectivity index (χ1v) is 5.17. The average molecular weight is 192 g/mol. The molecule has 0 saturated carbocycles. The van der Waals surface area contributed by atoms with E-state index in [0.717, 1.165) is 11.8 Å². The fourth-order valence-corrected chi connectivity index (χ4v) is 1.18.